The van der Waals surface area contributed by atoms with E-state index in [0.717, 1.165) is 23.1 Å². The molecule has 3 rings (SSSR count). The van der Waals surface area contributed by atoms with Crippen LogP contribution >= 0.6 is 0 Å². The third-order valence-electron chi connectivity index (χ3n) is 6.64. The van der Waals surface area contributed by atoms with Gasteiger partial charge in [-0.05, 0) is 42.9 Å². The molecule has 2 aromatic carbocycles. The second-order valence-electron chi connectivity index (χ2n) is 9.76. The molecule has 36 heavy (non-hydrogen) atoms. The Morgan fingerprint density at radius 3 is 2.14 bits per heavy atom. The minimum absolute atomic E-state index is 0.371. The average Bonchev–Trinajstić information content (AvgIpc) is 2.86. The first-order valence-electron chi connectivity index (χ1n) is 12.9. The van der Waals surface area contributed by atoms with Crippen LogP contribution in [0.15, 0.2) is 96.1 Å². The van der Waals surface area contributed by atoms with Gasteiger partial charge in [0.2, 0.25) is 0 Å². The van der Waals surface area contributed by atoms with Crippen molar-refractivity contribution in [2.45, 2.75) is 65.6 Å². The van der Waals surface area contributed by atoms with Crippen LogP contribution in [-0.2, 0) is 19.1 Å². The van der Waals surface area contributed by atoms with Crippen molar-refractivity contribution in [3.8, 4) is 0 Å². The number of ether oxygens (including phenoxy) is 2. The number of allylic oxidation sites excluding steroid dienone is 3. The van der Waals surface area contributed by atoms with E-state index in [1.165, 1.54) is 24.8 Å². The smallest absolute Gasteiger partial charge is 0.339 e. The summed E-state index contributed by atoms with van der Waals surface area (Å²) in [5, 5.41) is 0. The van der Waals surface area contributed by atoms with Gasteiger partial charge < -0.3 is 9.47 Å². The van der Waals surface area contributed by atoms with E-state index in [1.54, 1.807) is 6.08 Å². The van der Waals surface area contributed by atoms with Gasteiger partial charge in [-0.15, -0.1) is 6.58 Å². The largest absolute Gasteiger partial charge is 0.455 e. The van der Waals surface area contributed by atoms with Crippen molar-refractivity contribution < 1.29 is 19.1 Å². The van der Waals surface area contributed by atoms with Crippen molar-refractivity contribution in [1.29, 1.82) is 0 Å². The average molecular weight is 487 g/mol. The number of carbonyl (C=O) groups excluding carboxylic acids is 2. The Balaban J connectivity index is 1.95. The van der Waals surface area contributed by atoms with Gasteiger partial charge in [-0.3, -0.25) is 4.79 Å². The van der Waals surface area contributed by atoms with E-state index in [2.05, 4.69) is 27.4 Å². The summed E-state index contributed by atoms with van der Waals surface area (Å²) in [6.45, 7) is 12.2. The minimum atomic E-state index is -0.698. The highest BCUT2D eigenvalue weighted by atomic mass is 16.6. The van der Waals surface area contributed by atoms with E-state index in [1.807, 2.05) is 73.7 Å². The Kier molecular flexibility index (Phi) is 9.86. The molecule has 4 heteroatoms. The minimum Gasteiger partial charge on any atom is -0.455 e. The van der Waals surface area contributed by atoms with Crippen molar-refractivity contribution in [3.63, 3.8) is 0 Å². The second kappa shape index (κ2) is 13.1. The van der Waals surface area contributed by atoms with Crippen LogP contribution in [0.4, 0.5) is 0 Å². The normalized spacial score (nSPS) is 19.1. The molecule has 1 aliphatic heterocycles. The molecule has 0 radical (unpaired) electrons. The van der Waals surface area contributed by atoms with Crippen LogP contribution in [-0.4, -0.2) is 18.0 Å². The van der Waals surface area contributed by atoms with Crippen LogP contribution in [0.25, 0.3) is 0 Å². The molecule has 4 nitrogen and oxygen atoms in total. The Morgan fingerprint density at radius 2 is 1.64 bits per heavy atom. The van der Waals surface area contributed by atoms with E-state index >= 15 is 0 Å². The van der Waals surface area contributed by atoms with Crippen molar-refractivity contribution in [2.24, 2.45) is 11.8 Å². The predicted octanol–water partition coefficient (Wildman–Crippen LogP) is 7.53. The molecular weight excluding hydrogens is 448 g/mol. The lowest BCUT2D eigenvalue weighted by atomic mass is 9.87. The molecule has 1 heterocycles. The number of hydrogen-bond donors (Lipinski definition) is 0. The van der Waals surface area contributed by atoms with Gasteiger partial charge in [-0.2, -0.15) is 0 Å². The predicted molar refractivity (Wildman–Crippen MR) is 144 cm³/mol. The lowest BCUT2D eigenvalue weighted by molar-refractivity contribution is -0.176. The summed E-state index contributed by atoms with van der Waals surface area (Å²) in [5.74, 6) is -0.860. The van der Waals surface area contributed by atoms with Gasteiger partial charge in [-0.1, -0.05) is 111 Å². The molecule has 0 aliphatic carbocycles. The first kappa shape index (κ1) is 27.2. The third-order valence-corrected chi connectivity index (χ3v) is 6.64. The van der Waals surface area contributed by atoms with Crippen LogP contribution in [0, 0.1) is 11.8 Å². The standard InChI is InChI=1S/C32H38O4/c1-6-8-15-22(3)20-23(4)21-24(5)28(30-27(7-2)31(33)36-30)32(34)35-29(25-16-11-9-12-17-25)26-18-13-10-14-19-26/h7,9-14,16-19,21-22,27,29-30H,2,6,8,15,20H2,1,3-5H3/b23-21+,28-24+/t22?,27-,30-/m1/s1. The number of carbonyl (C=O) groups is 2. The monoisotopic (exact) mass is 486 g/mol. The first-order valence-corrected chi connectivity index (χ1v) is 12.9. The number of benzene rings is 2. The highest BCUT2D eigenvalue weighted by molar-refractivity contribution is 5.95. The molecule has 2 aromatic rings. The maximum absolute atomic E-state index is 13.8. The van der Waals surface area contributed by atoms with Crippen molar-refractivity contribution in [2.75, 3.05) is 0 Å². The molecule has 0 amide bonds. The summed E-state index contributed by atoms with van der Waals surface area (Å²) in [7, 11) is 0. The molecular formula is C32H38O4. The molecule has 1 fully saturated rings. The number of cyclic esters (lactones) is 1. The molecule has 1 unspecified atom stereocenters. The molecule has 1 saturated heterocycles. The lowest BCUT2D eigenvalue weighted by Gasteiger charge is -2.35. The molecule has 0 N–H and O–H groups in total. The van der Waals surface area contributed by atoms with Crippen LogP contribution in [0.5, 0.6) is 0 Å². The fourth-order valence-corrected chi connectivity index (χ4v) is 4.75. The number of unbranched alkanes of at least 4 members (excludes halogenated alkanes) is 1. The van der Waals surface area contributed by atoms with Gasteiger partial charge in [0.05, 0.1) is 5.57 Å². The van der Waals surface area contributed by atoms with Gasteiger partial charge in [0.25, 0.3) is 0 Å². The Morgan fingerprint density at radius 1 is 1.06 bits per heavy atom. The maximum Gasteiger partial charge on any atom is 0.339 e. The zero-order valence-electron chi connectivity index (χ0n) is 21.9. The molecule has 190 valence electrons. The number of hydrogen-bond acceptors (Lipinski definition) is 4. The summed E-state index contributed by atoms with van der Waals surface area (Å²) in [6, 6.07) is 19.3. The van der Waals surface area contributed by atoms with Crippen LogP contribution in [0.1, 0.15) is 70.6 Å². The van der Waals surface area contributed by atoms with Crippen LogP contribution < -0.4 is 0 Å². The molecule has 0 spiro atoms. The third kappa shape index (κ3) is 6.84. The van der Waals surface area contributed by atoms with E-state index in [0.29, 0.717) is 11.5 Å². The van der Waals surface area contributed by atoms with Gasteiger partial charge in [-0.25, -0.2) is 4.79 Å². The second-order valence-corrected chi connectivity index (χ2v) is 9.76. The van der Waals surface area contributed by atoms with Crippen LogP contribution in [0.2, 0.25) is 0 Å². The Bertz CT molecular complexity index is 1060. The quantitative estimate of drug-likeness (QED) is 0.135. The Hall–Kier alpha value is -3.40. The van der Waals surface area contributed by atoms with Crippen LogP contribution in [0.3, 0.4) is 0 Å². The summed E-state index contributed by atoms with van der Waals surface area (Å²) < 4.78 is 11.6. The van der Waals surface area contributed by atoms with Gasteiger partial charge >= 0.3 is 11.9 Å². The fourth-order valence-electron chi connectivity index (χ4n) is 4.75. The maximum atomic E-state index is 13.8. The first-order chi connectivity index (χ1) is 17.3. The SMILES string of the molecule is C=C[C@H]1C(=O)O[C@H]1/C(C(=O)OC(c1ccccc1)c1ccccc1)=C(C)\C=C(/C)CC(C)CCCC. The summed E-state index contributed by atoms with van der Waals surface area (Å²) in [4.78, 5) is 25.8. The molecule has 0 bridgehead atoms. The van der Waals surface area contributed by atoms with Gasteiger partial charge in [0.1, 0.15) is 5.92 Å². The molecule has 1 aliphatic rings. The molecule has 0 saturated carbocycles. The summed E-state index contributed by atoms with van der Waals surface area (Å²) in [6.07, 6.45) is 6.82. The van der Waals surface area contributed by atoms with Gasteiger partial charge in [0, 0.05) is 0 Å². The van der Waals surface area contributed by atoms with Crippen molar-refractivity contribution in [1.82, 2.24) is 0 Å². The van der Waals surface area contributed by atoms with E-state index in [9.17, 15) is 9.59 Å². The highest BCUT2D eigenvalue weighted by Crippen LogP contribution is 2.35. The lowest BCUT2D eigenvalue weighted by Crippen LogP contribution is -2.47. The van der Waals surface area contributed by atoms with E-state index in [-0.39, 0.29) is 5.97 Å². The van der Waals surface area contributed by atoms with Crippen molar-refractivity contribution in [3.05, 3.63) is 107 Å². The molecule has 0 aromatic heterocycles. The van der Waals surface area contributed by atoms with Crippen molar-refractivity contribution >= 4 is 11.9 Å². The highest BCUT2D eigenvalue weighted by Gasteiger charge is 2.46. The fraction of sp³-hybridized carbons (Fsp3) is 0.375. The number of rotatable bonds is 12. The Labute approximate surface area is 215 Å². The van der Waals surface area contributed by atoms with E-state index in [4.69, 9.17) is 9.47 Å². The topological polar surface area (TPSA) is 52.6 Å². The zero-order chi connectivity index (χ0) is 26.1. The zero-order valence-corrected chi connectivity index (χ0v) is 21.9. The summed E-state index contributed by atoms with van der Waals surface area (Å²) in [5.41, 5.74) is 4.05. The number of esters is 2. The van der Waals surface area contributed by atoms with E-state index < -0.39 is 24.1 Å². The van der Waals surface area contributed by atoms with Gasteiger partial charge in [0.15, 0.2) is 12.2 Å². The molecule has 3 atom stereocenters. The summed E-state index contributed by atoms with van der Waals surface area (Å²) >= 11 is 0.